The van der Waals surface area contributed by atoms with E-state index in [4.69, 9.17) is 4.74 Å². The molecule has 2 heteroatoms. The largest absolute Gasteiger partial charge is 0.325 e. The zero-order chi connectivity index (χ0) is 13.4. The number of benzene rings is 1. The average Bonchev–Trinajstić information content (AvgIpc) is 2.39. The van der Waals surface area contributed by atoms with Crippen molar-refractivity contribution in [2.45, 2.75) is 39.3 Å². The standard InChI is InChI=1S/C16H28NO/c1-5-7-11-14-18-16(17(3,4)6-2)15-12-9-8-10-13-15/h8-10,12-13,16H,5-7,11,14H2,1-4H3/q+1. The van der Waals surface area contributed by atoms with Gasteiger partial charge in [-0.2, -0.15) is 0 Å². The molecule has 0 heterocycles. The molecule has 0 bridgehead atoms. The molecule has 0 aromatic heterocycles. The fourth-order valence-electron chi connectivity index (χ4n) is 2.03. The van der Waals surface area contributed by atoms with Crippen molar-refractivity contribution in [2.24, 2.45) is 0 Å². The van der Waals surface area contributed by atoms with Crippen molar-refractivity contribution in [3.05, 3.63) is 35.9 Å². The van der Waals surface area contributed by atoms with Crippen LogP contribution in [0.5, 0.6) is 0 Å². The summed E-state index contributed by atoms with van der Waals surface area (Å²) in [6.45, 7) is 6.36. The molecule has 1 aromatic carbocycles. The maximum atomic E-state index is 6.16. The fourth-order valence-corrected chi connectivity index (χ4v) is 2.03. The lowest BCUT2D eigenvalue weighted by Gasteiger charge is -2.36. The van der Waals surface area contributed by atoms with Crippen molar-refractivity contribution in [2.75, 3.05) is 27.2 Å². The van der Waals surface area contributed by atoms with Crippen LogP contribution in [0, 0.1) is 0 Å². The molecule has 0 radical (unpaired) electrons. The highest BCUT2D eigenvalue weighted by atomic mass is 16.5. The van der Waals surface area contributed by atoms with E-state index in [1.165, 1.54) is 18.4 Å². The van der Waals surface area contributed by atoms with Crippen LogP contribution in [0.1, 0.15) is 44.9 Å². The van der Waals surface area contributed by atoms with Crippen LogP contribution in [0.25, 0.3) is 0 Å². The molecule has 1 aromatic rings. The fraction of sp³-hybridized carbons (Fsp3) is 0.625. The molecular formula is C16H28NO+. The second-order valence-electron chi connectivity index (χ2n) is 5.44. The summed E-state index contributed by atoms with van der Waals surface area (Å²) in [4.78, 5) is 0. The monoisotopic (exact) mass is 250 g/mol. The highest BCUT2D eigenvalue weighted by molar-refractivity contribution is 5.15. The Morgan fingerprint density at radius 3 is 2.28 bits per heavy atom. The lowest BCUT2D eigenvalue weighted by atomic mass is 10.1. The third kappa shape index (κ3) is 4.43. The molecule has 0 fully saturated rings. The molecule has 0 spiro atoms. The van der Waals surface area contributed by atoms with Crippen molar-refractivity contribution in [1.29, 1.82) is 0 Å². The van der Waals surface area contributed by atoms with Gasteiger partial charge in [-0.1, -0.05) is 50.1 Å². The number of ether oxygens (including phenoxy) is 1. The van der Waals surface area contributed by atoms with Gasteiger partial charge in [-0.3, -0.25) is 4.48 Å². The summed E-state index contributed by atoms with van der Waals surface area (Å²) in [5.74, 6) is 0. The van der Waals surface area contributed by atoms with Gasteiger partial charge >= 0.3 is 0 Å². The summed E-state index contributed by atoms with van der Waals surface area (Å²) in [5, 5.41) is 0. The van der Waals surface area contributed by atoms with E-state index in [1.807, 2.05) is 0 Å². The van der Waals surface area contributed by atoms with Gasteiger partial charge in [0.15, 0.2) is 0 Å². The van der Waals surface area contributed by atoms with Crippen LogP contribution < -0.4 is 0 Å². The minimum atomic E-state index is 0.146. The van der Waals surface area contributed by atoms with Crippen molar-refractivity contribution in [1.82, 2.24) is 0 Å². The van der Waals surface area contributed by atoms with Gasteiger partial charge in [0.1, 0.15) is 0 Å². The van der Waals surface area contributed by atoms with E-state index in [1.54, 1.807) is 0 Å². The Morgan fingerprint density at radius 1 is 1.06 bits per heavy atom. The third-order valence-electron chi connectivity index (χ3n) is 3.56. The van der Waals surface area contributed by atoms with Gasteiger partial charge in [0, 0.05) is 5.56 Å². The molecule has 18 heavy (non-hydrogen) atoms. The summed E-state index contributed by atoms with van der Waals surface area (Å²) in [7, 11) is 4.47. The summed E-state index contributed by atoms with van der Waals surface area (Å²) in [6.07, 6.45) is 3.80. The molecule has 0 amide bonds. The zero-order valence-electron chi connectivity index (χ0n) is 12.4. The molecule has 2 nitrogen and oxygen atoms in total. The molecule has 1 rings (SSSR count). The number of quaternary nitrogens is 1. The summed E-state index contributed by atoms with van der Waals surface area (Å²) in [5.41, 5.74) is 1.28. The average molecular weight is 250 g/mol. The molecule has 0 aliphatic heterocycles. The first kappa shape index (κ1) is 15.2. The van der Waals surface area contributed by atoms with Gasteiger partial charge in [0.05, 0.1) is 27.2 Å². The number of hydrogen-bond donors (Lipinski definition) is 0. The Bertz CT molecular complexity index is 321. The quantitative estimate of drug-likeness (QED) is 0.385. The maximum Gasteiger partial charge on any atom is 0.219 e. The zero-order valence-corrected chi connectivity index (χ0v) is 12.4. The van der Waals surface area contributed by atoms with Gasteiger partial charge in [0.2, 0.25) is 6.23 Å². The number of hydrogen-bond acceptors (Lipinski definition) is 1. The van der Waals surface area contributed by atoms with Crippen LogP contribution in [0.15, 0.2) is 30.3 Å². The van der Waals surface area contributed by atoms with Gasteiger partial charge in [-0.25, -0.2) is 0 Å². The smallest absolute Gasteiger partial charge is 0.219 e. The Labute approximate surface area is 112 Å². The van der Waals surface area contributed by atoms with Gasteiger partial charge in [-0.15, -0.1) is 0 Å². The van der Waals surface area contributed by atoms with Crippen molar-refractivity contribution in [3.63, 3.8) is 0 Å². The van der Waals surface area contributed by atoms with Gasteiger partial charge in [0.25, 0.3) is 0 Å². The van der Waals surface area contributed by atoms with E-state index in [0.29, 0.717) is 0 Å². The summed E-state index contributed by atoms with van der Waals surface area (Å²) >= 11 is 0. The molecule has 102 valence electrons. The maximum absolute atomic E-state index is 6.16. The predicted octanol–water partition coefficient (Wildman–Crippen LogP) is 3.99. The van der Waals surface area contributed by atoms with Crippen LogP contribution in [0.4, 0.5) is 0 Å². The highest BCUT2D eigenvalue weighted by Gasteiger charge is 2.28. The van der Waals surface area contributed by atoms with Gasteiger partial charge in [-0.05, 0) is 13.3 Å². The first-order chi connectivity index (χ1) is 8.61. The molecule has 0 aliphatic carbocycles. The SMILES string of the molecule is CCCCCOC(c1ccccc1)[N+](C)(C)CC. The van der Waals surface area contributed by atoms with Crippen LogP contribution in [0.2, 0.25) is 0 Å². The highest BCUT2D eigenvalue weighted by Crippen LogP contribution is 2.26. The molecule has 0 saturated carbocycles. The Hall–Kier alpha value is -0.860. The normalized spacial score (nSPS) is 13.6. The van der Waals surface area contributed by atoms with Crippen molar-refractivity contribution in [3.8, 4) is 0 Å². The van der Waals surface area contributed by atoms with Crippen molar-refractivity contribution >= 4 is 0 Å². The first-order valence-electron chi connectivity index (χ1n) is 7.11. The van der Waals surface area contributed by atoms with Crippen LogP contribution >= 0.6 is 0 Å². The number of nitrogens with zero attached hydrogens (tertiary/aromatic N) is 1. The lowest BCUT2D eigenvalue weighted by Crippen LogP contribution is -2.44. The summed E-state index contributed by atoms with van der Waals surface area (Å²) in [6, 6.07) is 10.6. The number of unbranched alkanes of at least 4 members (excludes halogenated alkanes) is 2. The second kappa shape index (κ2) is 7.55. The molecular weight excluding hydrogens is 222 g/mol. The topological polar surface area (TPSA) is 9.23 Å². The Morgan fingerprint density at radius 2 is 1.72 bits per heavy atom. The minimum absolute atomic E-state index is 0.146. The minimum Gasteiger partial charge on any atom is -0.325 e. The Kier molecular flexibility index (Phi) is 6.37. The summed E-state index contributed by atoms with van der Waals surface area (Å²) < 4.78 is 7.03. The molecule has 0 saturated heterocycles. The lowest BCUT2D eigenvalue weighted by molar-refractivity contribution is -0.943. The van der Waals surface area contributed by atoms with E-state index < -0.39 is 0 Å². The molecule has 1 atom stereocenters. The Balaban J connectivity index is 2.70. The molecule has 0 aliphatic rings. The predicted molar refractivity (Wildman–Crippen MR) is 77.3 cm³/mol. The van der Waals surface area contributed by atoms with Crippen LogP contribution in [0.3, 0.4) is 0 Å². The first-order valence-corrected chi connectivity index (χ1v) is 7.11. The molecule has 1 unspecified atom stereocenters. The van der Waals surface area contributed by atoms with Crippen LogP contribution in [-0.2, 0) is 4.74 Å². The van der Waals surface area contributed by atoms with E-state index in [0.717, 1.165) is 24.1 Å². The number of rotatable bonds is 8. The van der Waals surface area contributed by atoms with E-state index in [2.05, 4.69) is 58.3 Å². The molecule has 0 N–H and O–H groups in total. The van der Waals surface area contributed by atoms with Crippen LogP contribution in [-0.4, -0.2) is 31.7 Å². The van der Waals surface area contributed by atoms with E-state index in [-0.39, 0.29) is 6.23 Å². The van der Waals surface area contributed by atoms with Gasteiger partial charge < -0.3 is 4.74 Å². The van der Waals surface area contributed by atoms with Crippen molar-refractivity contribution < 1.29 is 9.22 Å². The van der Waals surface area contributed by atoms with E-state index >= 15 is 0 Å². The third-order valence-corrected chi connectivity index (χ3v) is 3.56. The van der Waals surface area contributed by atoms with E-state index in [9.17, 15) is 0 Å². The second-order valence-corrected chi connectivity index (χ2v) is 5.44.